The number of hydrogen-bond donors (Lipinski definition) is 0. The van der Waals surface area contributed by atoms with Crippen molar-refractivity contribution < 1.29 is 31.5 Å². The number of piperidine rings is 1. The van der Waals surface area contributed by atoms with Crippen molar-refractivity contribution >= 4 is 6.41 Å². The van der Waals surface area contributed by atoms with Gasteiger partial charge in [0.1, 0.15) is 5.60 Å². The molecule has 2 unspecified atom stereocenters. The van der Waals surface area contributed by atoms with Gasteiger partial charge in [-0.2, -0.15) is 8.78 Å². The third kappa shape index (κ3) is 2.73. The van der Waals surface area contributed by atoms with Gasteiger partial charge in [0.25, 0.3) is 0 Å². The van der Waals surface area contributed by atoms with E-state index in [1.54, 1.807) is 35.2 Å². The number of amides is 1. The third-order valence-electron chi connectivity index (χ3n) is 5.70. The Kier molecular flexibility index (Phi) is 4.51. The van der Waals surface area contributed by atoms with E-state index >= 15 is 0 Å². The molecule has 148 valence electrons. The van der Waals surface area contributed by atoms with Gasteiger partial charge in [-0.05, 0) is 18.4 Å². The average Bonchev–Trinajstić information content (AvgIpc) is 2.98. The summed E-state index contributed by atoms with van der Waals surface area (Å²) in [5.74, 6) is -11.6. The maximum atomic E-state index is 14.3. The number of hydrogen-bond acceptors (Lipinski definition) is 2. The van der Waals surface area contributed by atoms with Crippen molar-refractivity contribution in [2.45, 2.75) is 43.4 Å². The van der Waals surface area contributed by atoms with E-state index in [-0.39, 0.29) is 24.9 Å². The molecule has 2 aliphatic rings. The van der Waals surface area contributed by atoms with Crippen LogP contribution in [0.15, 0.2) is 30.3 Å². The topological polar surface area (TPSA) is 29.5 Å². The Morgan fingerprint density at radius 3 is 1.86 bits per heavy atom. The van der Waals surface area contributed by atoms with E-state index in [1.807, 2.05) is 0 Å². The Balaban J connectivity index is 1.83. The van der Waals surface area contributed by atoms with Gasteiger partial charge in [0, 0.05) is 24.9 Å². The molecule has 2 aromatic rings. The van der Waals surface area contributed by atoms with Crippen LogP contribution in [0.4, 0.5) is 22.0 Å². The third-order valence-corrected chi connectivity index (χ3v) is 5.70. The van der Waals surface area contributed by atoms with Crippen LogP contribution < -0.4 is 4.74 Å². The van der Waals surface area contributed by atoms with Crippen molar-refractivity contribution in [1.82, 2.24) is 4.90 Å². The zero-order valence-electron chi connectivity index (χ0n) is 14.6. The molecule has 2 bridgehead atoms. The van der Waals surface area contributed by atoms with E-state index in [0.717, 1.165) is 6.41 Å². The van der Waals surface area contributed by atoms with Crippen molar-refractivity contribution in [2.24, 2.45) is 0 Å². The smallest absolute Gasteiger partial charge is 0.210 e. The number of rotatable bonds is 4. The molecular weight excluding hydrogens is 381 g/mol. The highest BCUT2D eigenvalue weighted by atomic mass is 19.2. The molecule has 0 radical (unpaired) electrons. The number of fused-ring (bicyclic) bond motifs is 2. The first-order valence-corrected chi connectivity index (χ1v) is 8.86. The highest BCUT2D eigenvalue weighted by Crippen LogP contribution is 2.48. The summed E-state index contributed by atoms with van der Waals surface area (Å²) in [6.45, 7) is 0. The molecule has 2 atom stereocenters. The largest absolute Gasteiger partial charge is 0.476 e. The Hall–Kier alpha value is -2.64. The zero-order valence-corrected chi connectivity index (χ0v) is 14.6. The quantitative estimate of drug-likeness (QED) is 0.330. The van der Waals surface area contributed by atoms with E-state index in [9.17, 15) is 26.7 Å². The molecule has 28 heavy (non-hydrogen) atoms. The van der Waals surface area contributed by atoms with Gasteiger partial charge in [0.05, 0.1) is 0 Å². The van der Waals surface area contributed by atoms with E-state index in [1.165, 1.54) is 0 Å². The molecule has 0 aliphatic carbocycles. The molecule has 8 heteroatoms. The number of carbonyl (C=O) groups is 1. The molecule has 0 saturated carbocycles. The first-order valence-electron chi connectivity index (χ1n) is 8.86. The second kappa shape index (κ2) is 6.76. The van der Waals surface area contributed by atoms with Gasteiger partial charge in [0.2, 0.25) is 35.5 Å². The Labute approximate surface area is 157 Å². The van der Waals surface area contributed by atoms with Crippen LogP contribution >= 0.6 is 0 Å². The molecule has 1 amide bonds. The summed E-state index contributed by atoms with van der Waals surface area (Å²) in [7, 11) is 0. The van der Waals surface area contributed by atoms with Crippen LogP contribution in [0, 0.1) is 29.1 Å². The predicted octanol–water partition coefficient (Wildman–Crippen LogP) is 4.44. The number of benzene rings is 2. The van der Waals surface area contributed by atoms with Gasteiger partial charge in [-0.25, -0.2) is 13.2 Å². The van der Waals surface area contributed by atoms with Crippen LogP contribution in [-0.4, -0.2) is 23.4 Å². The van der Waals surface area contributed by atoms with Crippen molar-refractivity contribution in [2.75, 3.05) is 0 Å². The van der Waals surface area contributed by atoms with Crippen LogP contribution in [0.25, 0.3) is 0 Å². The normalized spacial score (nSPS) is 26.4. The standard InChI is InChI=1S/C20H16F5NO2/c21-14-15(22)17(24)19(18(25)16(14)23)28-20(11-4-2-1-3-5-11)8-12-6-7-13(9-20)26(12)10-27/h1-5,10,12-13H,6-9H2. The molecule has 4 rings (SSSR count). The minimum atomic E-state index is -2.23. The highest BCUT2D eigenvalue weighted by molar-refractivity contribution is 5.50. The summed E-state index contributed by atoms with van der Waals surface area (Å²) in [6.07, 6.45) is 2.46. The average molecular weight is 397 g/mol. The van der Waals surface area contributed by atoms with Crippen LogP contribution in [0.2, 0.25) is 0 Å². The molecule has 0 spiro atoms. The van der Waals surface area contributed by atoms with Crippen molar-refractivity contribution in [3.05, 3.63) is 65.0 Å². The monoisotopic (exact) mass is 397 g/mol. The Morgan fingerprint density at radius 1 is 0.857 bits per heavy atom. The fourth-order valence-electron chi connectivity index (χ4n) is 4.40. The lowest BCUT2D eigenvalue weighted by Gasteiger charge is -2.45. The van der Waals surface area contributed by atoms with Crippen LogP contribution in [0.3, 0.4) is 0 Å². The lowest BCUT2D eigenvalue weighted by Crippen LogP contribution is -2.51. The molecular formula is C20H16F5NO2. The molecule has 2 aromatic carbocycles. The maximum Gasteiger partial charge on any atom is 0.210 e. The summed E-state index contributed by atoms with van der Waals surface area (Å²) in [4.78, 5) is 13.0. The molecule has 0 aromatic heterocycles. The first-order chi connectivity index (χ1) is 13.4. The predicted molar refractivity (Wildman–Crippen MR) is 88.9 cm³/mol. The van der Waals surface area contributed by atoms with E-state index in [2.05, 4.69) is 0 Å². The molecule has 3 nitrogen and oxygen atoms in total. The SMILES string of the molecule is O=CN1C2CCC1CC(Oc1c(F)c(F)c(F)c(F)c1F)(c1ccccc1)C2. The maximum absolute atomic E-state index is 14.3. The zero-order chi connectivity index (χ0) is 20.1. The van der Waals surface area contributed by atoms with Crippen LogP contribution in [0.5, 0.6) is 5.75 Å². The highest BCUT2D eigenvalue weighted by Gasteiger charge is 2.51. The summed E-state index contributed by atoms with van der Waals surface area (Å²) < 4.78 is 74.9. The lowest BCUT2D eigenvalue weighted by atomic mass is 9.80. The summed E-state index contributed by atoms with van der Waals surface area (Å²) in [5.41, 5.74) is -0.758. The molecule has 2 heterocycles. The molecule has 2 fully saturated rings. The first kappa shape index (κ1) is 18.7. The second-order valence-corrected chi connectivity index (χ2v) is 7.21. The van der Waals surface area contributed by atoms with E-state index in [0.29, 0.717) is 18.4 Å². The van der Waals surface area contributed by atoms with Gasteiger partial charge in [-0.15, -0.1) is 0 Å². The summed E-state index contributed by atoms with van der Waals surface area (Å²) in [6, 6.07) is 8.03. The van der Waals surface area contributed by atoms with Crippen LogP contribution in [-0.2, 0) is 10.4 Å². The lowest BCUT2D eigenvalue weighted by molar-refractivity contribution is -0.127. The molecule has 0 N–H and O–H groups in total. The van der Waals surface area contributed by atoms with Crippen LogP contribution in [0.1, 0.15) is 31.2 Å². The van der Waals surface area contributed by atoms with Gasteiger partial charge in [-0.1, -0.05) is 30.3 Å². The second-order valence-electron chi connectivity index (χ2n) is 7.21. The van der Waals surface area contributed by atoms with Gasteiger partial charge >= 0.3 is 0 Å². The minimum Gasteiger partial charge on any atom is -0.476 e. The minimum absolute atomic E-state index is 0.186. The fourth-order valence-corrected chi connectivity index (χ4v) is 4.40. The van der Waals surface area contributed by atoms with Gasteiger partial charge in [0.15, 0.2) is 5.75 Å². The summed E-state index contributed by atoms with van der Waals surface area (Å²) >= 11 is 0. The number of halogens is 5. The Bertz CT molecular complexity index is 878. The number of nitrogens with zero attached hydrogens (tertiary/aromatic N) is 1. The fraction of sp³-hybridized carbons (Fsp3) is 0.350. The van der Waals surface area contributed by atoms with Crippen molar-refractivity contribution in [3.63, 3.8) is 0 Å². The molecule has 2 aliphatic heterocycles. The van der Waals surface area contributed by atoms with Crippen molar-refractivity contribution in [1.29, 1.82) is 0 Å². The van der Waals surface area contributed by atoms with Gasteiger partial charge < -0.3 is 9.64 Å². The Morgan fingerprint density at radius 2 is 1.36 bits per heavy atom. The van der Waals surface area contributed by atoms with Crippen molar-refractivity contribution in [3.8, 4) is 5.75 Å². The van der Waals surface area contributed by atoms with E-state index < -0.39 is 40.4 Å². The number of ether oxygens (including phenoxy) is 1. The number of carbonyl (C=O) groups excluding carboxylic acids is 1. The summed E-state index contributed by atoms with van der Waals surface area (Å²) in [5, 5.41) is 0. The molecule has 2 saturated heterocycles. The van der Waals surface area contributed by atoms with E-state index in [4.69, 9.17) is 4.74 Å². The van der Waals surface area contributed by atoms with Gasteiger partial charge in [-0.3, -0.25) is 4.79 Å².